The number of nitrogens with zero attached hydrogens (tertiary/aromatic N) is 2. The van der Waals surface area contributed by atoms with E-state index in [1.165, 1.54) is 30.3 Å². The zero-order chi connectivity index (χ0) is 17.7. The van der Waals surface area contributed by atoms with Crippen molar-refractivity contribution in [3.05, 3.63) is 64.7 Å². The van der Waals surface area contributed by atoms with Crippen LogP contribution in [-0.2, 0) is 6.18 Å². The molecular formula is C16H9F3N4O. The summed E-state index contributed by atoms with van der Waals surface area (Å²) in [5.74, 6) is -0.704. The quantitative estimate of drug-likeness (QED) is 0.846. The van der Waals surface area contributed by atoms with Crippen LogP contribution in [0.4, 0.5) is 18.9 Å². The van der Waals surface area contributed by atoms with Crippen molar-refractivity contribution in [1.82, 2.24) is 5.43 Å². The first kappa shape index (κ1) is 16.8. The predicted octanol–water partition coefficient (Wildman–Crippen LogP) is 3.21. The Hall–Kier alpha value is -3.52. The van der Waals surface area contributed by atoms with E-state index in [2.05, 4.69) is 10.9 Å². The third kappa shape index (κ3) is 3.81. The molecule has 0 aliphatic rings. The Balaban J connectivity index is 2.21. The first-order valence-corrected chi connectivity index (χ1v) is 6.53. The molecule has 0 bridgehead atoms. The van der Waals surface area contributed by atoms with Crippen LogP contribution in [0.1, 0.15) is 27.0 Å². The summed E-state index contributed by atoms with van der Waals surface area (Å²) >= 11 is 0. The molecule has 0 saturated heterocycles. The Morgan fingerprint density at radius 1 is 1.00 bits per heavy atom. The third-order valence-corrected chi connectivity index (χ3v) is 3.02. The molecule has 0 aliphatic carbocycles. The Bertz CT molecular complexity index is 863. The van der Waals surface area contributed by atoms with Crippen molar-refractivity contribution in [2.75, 3.05) is 5.43 Å². The number of hydrogen-bond acceptors (Lipinski definition) is 4. The second-order valence-corrected chi connectivity index (χ2v) is 4.64. The van der Waals surface area contributed by atoms with Gasteiger partial charge < -0.3 is 0 Å². The van der Waals surface area contributed by atoms with Crippen molar-refractivity contribution < 1.29 is 18.0 Å². The lowest BCUT2D eigenvalue weighted by Crippen LogP contribution is -2.30. The highest BCUT2D eigenvalue weighted by Gasteiger charge is 2.34. The van der Waals surface area contributed by atoms with E-state index in [9.17, 15) is 18.0 Å². The molecule has 24 heavy (non-hydrogen) atoms. The lowest BCUT2D eigenvalue weighted by atomic mass is 10.1. The van der Waals surface area contributed by atoms with Crippen LogP contribution in [-0.4, -0.2) is 5.91 Å². The number of halogens is 3. The van der Waals surface area contributed by atoms with Gasteiger partial charge in [0.2, 0.25) is 0 Å². The minimum atomic E-state index is -4.69. The molecule has 0 atom stereocenters. The number of carbonyl (C=O) groups is 1. The first-order valence-electron chi connectivity index (χ1n) is 6.53. The predicted molar refractivity (Wildman–Crippen MR) is 78.4 cm³/mol. The molecule has 5 nitrogen and oxygen atoms in total. The number of rotatable bonds is 3. The molecule has 0 saturated carbocycles. The van der Waals surface area contributed by atoms with Crippen LogP contribution in [0.5, 0.6) is 0 Å². The molecule has 1 amide bonds. The van der Waals surface area contributed by atoms with Crippen molar-refractivity contribution in [1.29, 1.82) is 10.5 Å². The Morgan fingerprint density at radius 3 is 2.29 bits per heavy atom. The fourth-order valence-corrected chi connectivity index (χ4v) is 1.88. The number of hydrogen-bond donors (Lipinski definition) is 2. The Kier molecular flexibility index (Phi) is 4.71. The van der Waals surface area contributed by atoms with Gasteiger partial charge in [0.25, 0.3) is 5.91 Å². The van der Waals surface area contributed by atoms with Gasteiger partial charge in [-0.15, -0.1) is 0 Å². The highest BCUT2D eigenvalue weighted by Crippen LogP contribution is 2.35. The molecule has 2 rings (SSSR count). The van der Waals surface area contributed by atoms with Gasteiger partial charge in [0, 0.05) is 5.56 Å². The van der Waals surface area contributed by atoms with Crippen LogP contribution >= 0.6 is 0 Å². The summed E-state index contributed by atoms with van der Waals surface area (Å²) in [5.41, 5.74) is 3.07. The fourth-order valence-electron chi connectivity index (χ4n) is 1.88. The molecule has 0 unspecified atom stereocenters. The summed E-state index contributed by atoms with van der Waals surface area (Å²) in [6, 6.07) is 12.1. The molecular weight excluding hydrogens is 321 g/mol. The van der Waals surface area contributed by atoms with Crippen molar-refractivity contribution in [3.8, 4) is 12.1 Å². The maximum Gasteiger partial charge on any atom is 0.418 e. The number of alkyl halides is 3. The van der Waals surface area contributed by atoms with E-state index >= 15 is 0 Å². The maximum absolute atomic E-state index is 13.0. The fraction of sp³-hybridized carbons (Fsp3) is 0.0625. The topological polar surface area (TPSA) is 88.7 Å². The highest BCUT2D eigenvalue weighted by atomic mass is 19.4. The van der Waals surface area contributed by atoms with E-state index < -0.39 is 23.3 Å². The van der Waals surface area contributed by atoms with Crippen LogP contribution in [0.25, 0.3) is 0 Å². The zero-order valence-electron chi connectivity index (χ0n) is 12.0. The van der Waals surface area contributed by atoms with Crippen LogP contribution in [0.3, 0.4) is 0 Å². The molecule has 0 aliphatic heterocycles. The van der Waals surface area contributed by atoms with Gasteiger partial charge in [0.05, 0.1) is 34.5 Å². The summed E-state index contributed by atoms with van der Waals surface area (Å²) in [7, 11) is 0. The standard InChI is InChI=1S/C16H9F3N4O/c17-16(18,19)13-7-11(9-21)4-5-14(13)22-23-15(24)12-3-1-2-10(6-12)8-20/h1-7,22H,(H,23,24). The van der Waals surface area contributed by atoms with Gasteiger partial charge in [-0.05, 0) is 36.4 Å². The molecule has 2 aromatic rings. The van der Waals surface area contributed by atoms with Crippen molar-refractivity contribution in [2.24, 2.45) is 0 Å². The molecule has 0 spiro atoms. The van der Waals surface area contributed by atoms with Gasteiger partial charge in [-0.2, -0.15) is 23.7 Å². The van der Waals surface area contributed by atoms with E-state index in [0.29, 0.717) is 6.07 Å². The monoisotopic (exact) mass is 330 g/mol. The SMILES string of the molecule is N#Cc1cccc(C(=O)NNc2ccc(C#N)cc2C(F)(F)F)c1. The minimum absolute atomic E-state index is 0.115. The molecule has 0 radical (unpaired) electrons. The van der Waals surface area contributed by atoms with Gasteiger partial charge in [-0.25, -0.2) is 0 Å². The Morgan fingerprint density at radius 2 is 1.67 bits per heavy atom. The number of anilines is 1. The second kappa shape index (κ2) is 6.71. The molecule has 2 aromatic carbocycles. The second-order valence-electron chi connectivity index (χ2n) is 4.64. The van der Waals surface area contributed by atoms with Gasteiger partial charge in [-0.3, -0.25) is 15.6 Å². The van der Waals surface area contributed by atoms with E-state index in [-0.39, 0.29) is 16.7 Å². The number of benzene rings is 2. The van der Waals surface area contributed by atoms with Crippen molar-refractivity contribution in [3.63, 3.8) is 0 Å². The average Bonchev–Trinajstić information content (AvgIpc) is 2.58. The smallest absolute Gasteiger partial charge is 0.298 e. The van der Waals surface area contributed by atoms with Gasteiger partial charge in [0.15, 0.2) is 0 Å². The summed E-state index contributed by atoms with van der Waals surface area (Å²) in [4.78, 5) is 12.0. The van der Waals surface area contributed by atoms with Crippen LogP contribution in [0.15, 0.2) is 42.5 Å². The summed E-state index contributed by atoms with van der Waals surface area (Å²) in [6.07, 6.45) is -4.69. The van der Waals surface area contributed by atoms with Gasteiger partial charge in [-0.1, -0.05) is 6.07 Å². The summed E-state index contributed by atoms with van der Waals surface area (Å²) in [6.45, 7) is 0. The lowest BCUT2D eigenvalue weighted by Gasteiger charge is -2.15. The van der Waals surface area contributed by atoms with E-state index in [1.807, 2.05) is 6.07 Å². The minimum Gasteiger partial charge on any atom is -0.298 e. The number of carbonyl (C=O) groups excluding carboxylic acids is 1. The van der Waals surface area contributed by atoms with Crippen LogP contribution in [0.2, 0.25) is 0 Å². The summed E-state index contributed by atoms with van der Waals surface area (Å²) in [5, 5.41) is 17.5. The molecule has 0 heterocycles. The zero-order valence-corrected chi connectivity index (χ0v) is 12.0. The van der Waals surface area contributed by atoms with E-state index in [0.717, 1.165) is 6.07 Å². The molecule has 120 valence electrons. The normalized spacial score (nSPS) is 10.4. The molecule has 0 fully saturated rings. The largest absolute Gasteiger partial charge is 0.418 e. The van der Waals surface area contributed by atoms with Gasteiger partial charge in [0.1, 0.15) is 0 Å². The third-order valence-electron chi connectivity index (χ3n) is 3.02. The van der Waals surface area contributed by atoms with E-state index in [4.69, 9.17) is 10.5 Å². The van der Waals surface area contributed by atoms with Gasteiger partial charge >= 0.3 is 6.18 Å². The highest BCUT2D eigenvalue weighted by molar-refractivity contribution is 5.95. The lowest BCUT2D eigenvalue weighted by molar-refractivity contribution is -0.137. The van der Waals surface area contributed by atoms with Crippen molar-refractivity contribution >= 4 is 11.6 Å². The molecule has 2 N–H and O–H groups in total. The Labute approximate surface area is 134 Å². The molecule has 0 aromatic heterocycles. The van der Waals surface area contributed by atoms with Crippen LogP contribution in [0, 0.1) is 22.7 Å². The van der Waals surface area contributed by atoms with Crippen molar-refractivity contribution in [2.45, 2.75) is 6.18 Å². The molecule has 8 heteroatoms. The number of nitriles is 2. The summed E-state index contributed by atoms with van der Waals surface area (Å²) < 4.78 is 39.0. The first-order chi connectivity index (χ1) is 11.3. The number of amides is 1. The van der Waals surface area contributed by atoms with E-state index in [1.54, 1.807) is 6.07 Å². The maximum atomic E-state index is 13.0. The number of nitrogens with one attached hydrogen (secondary N) is 2. The van der Waals surface area contributed by atoms with Crippen LogP contribution < -0.4 is 10.9 Å². The average molecular weight is 330 g/mol. The number of hydrazine groups is 1.